The lowest BCUT2D eigenvalue weighted by atomic mass is 9.89. The SMILES string of the molecule is Cc1cc(Nc2cc3c4c(c2)[C@@H]2CNCC[C@@H]2N4CCOC3)ccc1Cl.O=C(C(=O)C(F)(F)F)C(F)(F)F. The lowest BCUT2D eigenvalue weighted by molar-refractivity contribution is -0.193. The average molecular weight is 564 g/mol. The van der Waals surface area contributed by atoms with Gasteiger partial charge in [-0.15, -0.1) is 0 Å². The number of alkyl halides is 6. The number of fused-ring (bicyclic) bond motifs is 3. The first-order chi connectivity index (χ1) is 17.8. The first kappa shape index (κ1) is 28.2. The summed E-state index contributed by atoms with van der Waals surface area (Å²) in [7, 11) is 0. The van der Waals surface area contributed by atoms with Crippen molar-refractivity contribution < 1.29 is 40.7 Å². The largest absolute Gasteiger partial charge is 0.458 e. The zero-order valence-corrected chi connectivity index (χ0v) is 20.9. The number of ether oxygens (including phenoxy) is 1. The van der Waals surface area contributed by atoms with Gasteiger partial charge in [-0.3, -0.25) is 9.59 Å². The first-order valence-corrected chi connectivity index (χ1v) is 12.1. The third-order valence-electron chi connectivity index (χ3n) is 6.65. The molecule has 3 aliphatic heterocycles. The zero-order chi connectivity index (χ0) is 27.8. The molecule has 2 atom stereocenters. The molecule has 38 heavy (non-hydrogen) atoms. The van der Waals surface area contributed by atoms with Crippen molar-refractivity contribution >= 4 is 40.2 Å². The lowest BCUT2D eigenvalue weighted by Gasteiger charge is -2.33. The topological polar surface area (TPSA) is 70.7 Å². The van der Waals surface area contributed by atoms with Crippen LogP contribution in [0.25, 0.3) is 0 Å². The van der Waals surface area contributed by atoms with Gasteiger partial charge in [-0.2, -0.15) is 26.3 Å². The maximum atomic E-state index is 11.2. The van der Waals surface area contributed by atoms with Crippen molar-refractivity contribution in [3.63, 3.8) is 0 Å². The fraction of sp³-hybridized carbons (Fsp3) is 0.440. The minimum Gasteiger partial charge on any atom is -0.375 e. The second-order valence-corrected chi connectivity index (χ2v) is 9.64. The summed E-state index contributed by atoms with van der Waals surface area (Å²) in [5, 5.41) is 7.97. The number of halogens is 7. The highest BCUT2D eigenvalue weighted by atomic mass is 35.5. The normalized spacial score (nSPS) is 20.5. The van der Waals surface area contributed by atoms with E-state index in [2.05, 4.69) is 33.7 Å². The van der Waals surface area contributed by atoms with Crippen LogP contribution in [-0.4, -0.2) is 56.2 Å². The minimum absolute atomic E-state index is 0.573. The molecule has 5 rings (SSSR count). The van der Waals surface area contributed by atoms with Crippen molar-refractivity contribution in [2.45, 2.75) is 44.3 Å². The molecule has 206 valence electrons. The van der Waals surface area contributed by atoms with E-state index in [-0.39, 0.29) is 0 Å². The number of hydrogen-bond acceptors (Lipinski definition) is 6. The molecule has 3 aliphatic rings. The lowest BCUT2D eigenvalue weighted by Crippen LogP contribution is -2.44. The van der Waals surface area contributed by atoms with E-state index in [0.717, 1.165) is 48.2 Å². The second kappa shape index (κ2) is 10.7. The molecule has 3 heterocycles. The van der Waals surface area contributed by atoms with E-state index in [0.29, 0.717) is 18.6 Å². The molecule has 0 aromatic heterocycles. The van der Waals surface area contributed by atoms with E-state index in [4.69, 9.17) is 16.3 Å². The smallest absolute Gasteiger partial charge is 0.375 e. The average Bonchev–Trinajstić information content (AvgIpc) is 3.00. The Morgan fingerprint density at radius 2 is 1.74 bits per heavy atom. The van der Waals surface area contributed by atoms with Crippen molar-refractivity contribution in [3.8, 4) is 0 Å². The van der Waals surface area contributed by atoms with E-state index >= 15 is 0 Å². The van der Waals surface area contributed by atoms with Gasteiger partial charge in [0, 0.05) is 52.7 Å². The molecule has 0 aliphatic carbocycles. The molecule has 0 amide bonds. The molecule has 0 saturated carbocycles. The molecule has 13 heteroatoms. The number of anilines is 3. The van der Waals surface area contributed by atoms with Gasteiger partial charge in [-0.05, 0) is 61.3 Å². The van der Waals surface area contributed by atoms with Crippen LogP contribution in [-0.2, 0) is 20.9 Å². The number of benzene rings is 2. The number of rotatable bonds is 3. The molecule has 6 nitrogen and oxygen atoms in total. The maximum absolute atomic E-state index is 11.2. The van der Waals surface area contributed by atoms with Crippen LogP contribution in [0.5, 0.6) is 0 Å². The van der Waals surface area contributed by atoms with E-state index in [9.17, 15) is 35.9 Å². The van der Waals surface area contributed by atoms with Crippen LogP contribution in [0.4, 0.5) is 43.4 Å². The highest BCUT2D eigenvalue weighted by Gasteiger charge is 2.54. The fourth-order valence-corrected chi connectivity index (χ4v) is 5.12. The van der Waals surface area contributed by atoms with Crippen LogP contribution in [0.15, 0.2) is 30.3 Å². The van der Waals surface area contributed by atoms with Gasteiger partial charge < -0.3 is 20.3 Å². The van der Waals surface area contributed by atoms with Gasteiger partial charge in [0.25, 0.3) is 0 Å². The third kappa shape index (κ3) is 5.92. The Morgan fingerprint density at radius 1 is 1.05 bits per heavy atom. The number of hydrogen-bond donors (Lipinski definition) is 2. The number of aryl methyl sites for hydroxylation is 1. The quantitative estimate of drug-likeness (QED) is 0.383. The summed E-state index contributed by atoms with van der Waals surface area (Å²) in [5.74, 6) is -6.24. The predicted octanol–water partition coefficient (Wildman–Crippen LogP) is 5.44. The van der Waals surface area contributed by atoms with Crippen LogP contribution < -0.4 is 15.5 Å². The van der Waals surface area contributed by atoms with E-state index in [1.807, 2.05) is 19.1 Å². The Morgan fingerprint density at radius 3 is 2.37 bits per heavy atom. The molecule has 2 aromatic carbocycles. The molecular formula is C25H24ClF6N3O3. The van der Waals surface area contributed by atoms with Crippen LogP contribution in [0, 0.1) is 6.92 Å². The van der Waals surface area contributed by atoms with Gasteiger partial charge in [-0.1, -0.05) is 11.6 Å². The number of nitrogens with one attached hydrogen (secondary N) is 2. The molecule has 0 bridgehead atoms. The minimum atomic E-state index is -5.77. The monoisotopic (exact) mass is 563 g/mol. The van der Waals surface area contributed by atoms with E-state index in [1.165, 1.54) is 23.2 Å². The summed E-state index contributed by atoms with van der Waals surface area (Å²) in [6.45, 7) is 6.72. The van der Waals surface area contributed by atoms with Crippen molar-refractivity contribution in [1.82, 2.24) is 5.32 Å². The van der Waals surface area contributed by atoms with Crippen molar-refractivity contribution in [1.29, 1.82) is 0 Å². The number of carbonyl (C=O) groups is 2. The summed E-state index contributed by atoms with van der Waals surface area (Å²) < 4.78 is 72.9. The molecule has 0 spiro atoms. The zero-order valence-electron chi connectivity index (χ0n) is 20.1. The summed E-state index contributed by atoms with van der Waals surface area (Å²) in [6.07, 6.45) is -10.3. The third-order valence-corrected chi connectivity index (χ3v) is 7.08. The van der Waals surface area contributed by atoms with Crippen LogP contribution >= 0.6 is 11.6 Å². The molecule has 1 fully saturated rings. The molecular weight excluding hydrogens is 540 g/mol. The Hall–Kier alpha value is -2.83. The Balaban J connectivity index is 0.000000240. The molecule has 2 N–H and O–H groups in total. The Labute approximate surface area is 219 Å². The van der Waals surface area contributed by atoms with E-state index < -0.39 is 23.9 Å². The highest BCUT2D eigenvalue weighted by molar-refractivity contribution is 6.41. The predicted molar refractivity (Wildman–Crippen MR) is 129 cm³/mol. The molecule has 0 unspecified atom stereocenters. The maximum Gasteiger partial charge on any atom is 0.458 e. The van der Waals surface area contributed by atoms with Gasteiger partial charge >= 0.3 is 23.9 Å². The fourth-order valence-electron chi connectivity index (χ4n) is 5.00. The molecule has 1 saturated heterocycles. The van der Waals surface area contributed by atoms with Gasteiger partial charge in [0.05, 0.1) is 13.2 Å². The highest BCUT2D eigenvalue weighted by Crippen LogP contribution is 2.47. The van der Waals surface area contributed by atoms with Gasteiger partial charge in [0.2, 0.25) is 0 Å². The summed E-state index contributed by atoms with van der Waals surface area (Å²) in [5.41, 5.74) is 7.50. The Bertz CT molecular complexity index is 1210. The van der Waals surface area contributed by atoms with Crippen molar-refractivity contribution in [3.05, 3.63) is 52.0 Å². The summed E-state index contributed by atoms with van der Waals surface area (Å²) in [6, 6.07) is 11.3. The number of piperidine rings is 1. The standard InChI is InChI=1S/C21H24ClN3O.C4F6O2/c1-13-8-15(2-3-19(13)22)24-16-9-14-12-26-7-6-25-20-4-5-23-11-18(20)17(10-16)21(14)25;5-3(6,7)1(11)2(12)4(8,9)10/h2-3,8-10,18,20,23-24H,4-7,11-12H2,1H3;/t18-,20-;/m0./s1. The number of ketones is 2. The second-order valence-electron chi connectivity index (χ2n) is 9.23. The van der Waals surface area contributed by atoms with Crippen molar-refractivity contribution in [2.24, 2.45) is 0 Å². The van der Waals surface area contributed by atoms with Crippen LogP contribution in [0.1, 0.15) is 29.0 Å². The summed E-state index contributed by atoms with van der Waals surface area (Å²) in [4.78, 5) is 21.8. The number of carbonyl (C=O) groups excluding carboxylic acids is 2. The first-order valence-electron chi connectivity index (χ1n) is 11.7. The summed E-state index contributed by atoms with van der Waals surface area (Å²) >= 11 is 6.17. The van der Waals surface area contributed by atoms with Gasteiger partial charge in [0.1, 0.15) is 0 Å². The molecule has 0 radical (unpaired) electrons. The molecule has 2 aromatic rings. The van der Waals surface area contributed by atoms with Crippen LogP contribution in [0.2, 0.25) is 5.02 Å². The van der Waals surface area contributed by atoms with Gasteiger partial charge in [0.15, 0.2) is 0 Å². The number of nitrogens with zero attached hydrogens (tertiary/aromatic N) is 1. The number of Topliss-reactive ketones (excluding diaryl/α,β-unsaturated/α-hetero) is 2. The van der Waals surface area contributed by atoms with Crippen molar-refractivity contribution in [2.75, 3.05) is 36.5 Å². The van der Waals surface area contributed by atoms with Gasteiger partial charge in [-0.25, -0.2) is 0 Å². The Kier molecular flexibility index (Phi) is 7.96. The van der Waals surface area contributed by atoms with Crippen LogP contribution in [0.3, 0.4) is 0 Å². The van der Waals surface area contributed by atoms with E-state index in [1.54, 1.807) is 0 Å².